The maximum atomic E-state index is 13.5. The Hall–Kier alpha value is -3.64. The molecule has 0 saturated carbocycles. The van der Waals surface area contributed by atoms with Crippen molar-refractivity contribution in [1.29, 1.82) is 0 Å². The summed E-state index contributed by atoms with van der Waals surface area (Å²) in [6.45, 7) is 1.86. The first kappa shape index (κ1) is 20.6. The number of methoxy groups -OCH3 is 1. The SMILES string of the molecule is COc1ccc(N2C(=O)C(Nc3cc(Cl)ccc3C)=C(c3ccc(F)cc3)C2=O)cc1. The first-order valence-corrected chi connectivity index (χ1v) is 9.83. The van der Waals surface area contributed by atoms with E-state index in [0.717, 1.165) is 10.5 Å². The number of carbonyl (C=O) groups is 2. The van der Waals surface area contributed by atoms with Gasteiger partial charge in [0.2, 0.25) is 0 Å². The number of anilines is 2. The average molecular weight is 437 g/mol. The lowest BCUT2D eigenvalue weighted by Crippen LogP contribution is -2.32. The average Bonchev–Trinajstić information content (AvgIpc) is 3.01. The maximum Gasteiger partial charge on any atom is 0.282 e. The second-order valence-electron chi connectivity index (χ2n) is 6.98. The van der Waals surface area contributed by atoms with Crippen LogP contribution in [0.3, 0.4) is 0 Å². The van der Waals surface area contributed by atoms with Crippen molar-refractivity contribution >= 4 is 40.4 Å². The Bertz CT molecular complexity index is 1200. The summed E-state index contributed by atoms with van der Waals surface area (Å²) in [5.41, 5.74) is 2.52. The smallest absolute Gasteiger partial charge is 0.282 e. The third kappa shape index (κ3) is 3.90. The zero-order valence-electron chi connectivity index (χ0n) is 16.8. The molecule has 0 fully saturated rings. The van der Waals surface area contributed by atoms with E-state index < -0.39 is 17.6 Å². The Morgan fingerprint density at radius 2 is 1.61 bits per heavy atom. The third-order valence-electron chi connectivity index (χ3n) is 5.01. The minimum absolute atomic E-state index is 0.0952. The molecular formula is C24H18ClFN2O3. The highest BCUT2D eigenvalue weighted by atomic mass is 35.5. The van der Waals surface area contributed by atoms with E-state index in [4.69, 9.17) is 16.3 Å². The predicted octanol–water partition coefficient (Wildman–Crippen LogP) is 5.19. The Labute approximate surface area is 183 Å². The number of halogens is 2. The van der Waals surface area contributed by atoms with Crippen LogP contribution in [0.25, 0.3) is 5.57 Å². The fourth-order valence-electron chi connectivity index (χ4n) is 3.36. The predicted molar refractivity (Wildman–Crippen MR) is 119 cm³/mol. The van der Waals surface area contributed by atoms with Gasteiger partial charge < -0.3 is 10.1 Å². The molecule has 156 valence electrons. The van der Waals surface area contributed by atoms with Crippen molar-refractivity contribution in [3.05, 3.63) is 94.4 Å². The topological polar surface area (TPSA) is 58.6 Å². The standard InChI is InChI=1S/C24H18ClFN2O3/c1-14-3-6-16(25)13-20(14)27-22-21(15-4-7-17(26)8-5-15)23(29)28(24(22)30)18-9-11-19(31-2)12-10-18/h3-13,27H,1-2H3. The van der Waals surface area contributed by atoms with Crippen molar-refractivity contribution < 1.29 is 18.7 Å². The number of benzene rings is 3. The van der Waals surface area contributed by atoms with Crippen LogP contribution >= 0.6 is 11.6 Å². The minimum atomic E-state index is -0.520. The molecule has 7 heteroatoms. The van der Waals surface area contributed by atoms with Gasteiger partial charge in [0.25, 0.3) is 11.8 Å². The molecule has 1 aliphatic rings. The van der Waals surface area contributed by atoms with Crippen molar-refractivity contribution in [3.63, 3.8) is 0 Å². The second kappa shape index (κ2) is 8.24. The van der Waals surface area contributed by atoms with Gasteiger partial charge in [0.15, 0.2) is 0 Å². The van der Waals surface area contributed by atoms with Gasteiger partial charge in [0, 0.05) is 10.7 Å². The van der Waals surface area contributed by atoms with Crippen molar-refractivity contribution in [3.8, 4) is 5.75 Å². The molecule has 0 saturated heterocycles. The summed E-state index contributed by atoms with van der Waals surface area (Å²) in [5, 5.41) is 3.57. The lowest BCUT2D eigenvalue weighted by atomic mass is 10.0. The molecule has 1 heterocycles. The number of hydrogen-bond acceptors (Lipinski definition) is 4. The summed E-state index contributed by atoms with van der Waals surface area (Å²) in [4.78, 5) is 27.8. The molecule has 5 nitrogen and oxygen atoms in total. The van der Waals surface area contributed by atoms with Crippen LogP contribution in [0.15, 0.2) is 72.4 Å². The molecular weight excluding hydrogens is 419 g/mol. The monoisotopic (exact) mass is 436 g/mol. The summed E-state index contributed by atoms with van der Waals surface area (Å²) < 4.78 is 18.6. The molecule has 2 amide bonds. The van der Waals surface area contributed by atoms with E-state index in [2.05, 4.69) is 5.32 Å². The van der Waals surface area contributed by atoms with E-state index in [1.807, 2.05) is 13.0 Å². The van der Waals surface area contributed by atoms with Crippen LogP contribution < -0.4 is 15.0 Å². The number of imide groups is 1. The number of ether oxygens (including phenoxy) is 1. The summed E-state index contributed by atoms with van der Waals surface area (Å²) in [6, 6.07) is 17.3. The zero-order chi connectivity index (χ0) is 22.1. The number of nitrogens with zero attached hydrogens (tertiary/aromatic N) is 1. The summed E-state index contributed by atoms with van der Waals surface area (Å²) >= 11 is 6.12. The lowest BCUT2D eigenvalue weighted by Gasteiger charge is -2.16. The molecule has 0 atom stereocenters. The quantitative estimate of drug-likeness (QED) is 0.559. The zero-order valence-corrected chi connectivity index (χ0v) is 17.5. The van der Waals surface area contributed by atoms with E-state index in [0.29, 0.717) is 27.7 Å². The Kier molecular flexibility index (Phi) is 5.48. The highest BCUT2D eigenvalue weighted by molar-refractivity contribution is 6.46. The van der Waals surface area contributed by atoms with Gasteiger partial charge in [-0.05, 0) is 66.6 Å². The van der Waals surface area contributed by atoms with Crippen LogP contribution in [0.1, 0.15) is 11.1 Å². The normalized spacial score (nSPS) is 13.7. The van der Waals surface area contributed by atoms with E-state index in [9.17, 15) is 14.0 Å². The fourth-order valence-corrected chi connectivity index (χ4v) is 3.53. The van der Waals surface area contributed by atoms with Crippen molar-refractivity contribution in [2.75, 3.05) is 17.3 Å². The molecule has 0 radical (unpaired) electrons. The Balaban J connectivity index is 1.82. The van der Waals surface area contributed by atoms with Crippen LogP contribution in [0.4, 0.5) is 15.8 Å². The van der Waals surface area contributed by atoms with Crippen molar-refractivity contribution in [2.45, 2.75) is 6.92 Å². The van der Waals surface area contributed by atoms with Gasteiger partial charge in [-0.15, -0.1) is 0 Å². The summed E-state index contributed by atoms with van der Waals surface area (Å²) in [5.74, 6) is -0.867. The van der Waals surface area contributed by atoms with Crippen LogP contribution in [0.5, 0.6) is 5.75 Å². The first-order valence-electron chi connectivity index (χ1n) is 9.45. The fraction of sp³-hybridized carbons (Fsp3) is 0.0833. The largest absolute Gasteiger partial charge is 0.497 e. The molecule has 1 aliphatic heterocycles. The van der Waals surface area contributed by atoms with Crippen LogP contribution in [0, 0.1) is 12.7 Å². The molecule has 0 aliphatic carbocycles. The number of rotatable bonds is 5. The van der Waals surface area contributed by atoms with Crippen LogP contribution in [-0.4, -0.2) is 18.9 Å². The Morgan fingerprint density at radius 1 is 0.935 bits per heavy atom. The van der Waals surface area contributed by atoms with Gasteiger partial charge in [-0.1, -0.05) is 29.8 Å². The number of aryl methyl sites for hydroxylation is 1. The molecule has 4 rings (SSSR count). The van der Waals surface area contributed by atoms with Crippen LogP contribution in [0.2, 0.25) is 5.02 Å². The van der Waals surface area contributed by atoms with E-state index in [1.54, 1.807) is 36.4 Å². The maximum absolute atomic E-state index is 13.5. The van der Waals surface area contributed by atoms with E-state index >= 15 is 0 Å². The molecule has 1 N–H and O–H groups in total. The van der Waals surface area contributed by atoms with E-state index in [-0.39, 0.29) is 11.3 Å². The number of amides is 2. The summed E-state index contributed by atoms with van der Waals surface area (Å²) in [6.07, 6.45) is 0. The molecule has 3 aromatic carbocycles. The van der Waals surface area contributed by atoms with Gasteiger partial charge in [-0.25, -0.2) is 9.29 Å². The second-order valence-corrected chi connectivity index (χ2v) is 7.42. The number of hydrogen-bond donors (Lipinski definition) is 1. The molecule has 0 spiro atoms. The van der Waals surface area contributed by atoms with Gasteiger partial charge in [-0.3, -0.25) is 9.59 Å². The third-order valence-corrected chi connectivity index (χ3v) is 5.24. The summed E-state index contributed by atoms with van der Waals surface area (Å²) in [7, 11) is 1.53. The van der Waals surface area contributed by atoms with Crippen molar-refractivity contribution in [2.24, 2.45) is 0 Å². The molecule has 0 unspecified atom stereocenters. The van der Waals surface area contributed by atoms with Gasteiger partial charge in [-0.2, -0.15) is 0 Å². The number of nitrogens with one attached hydrogen (secondary N) is 1. The lowest BCUT2D eigenvalue weighted by molar-refractivity contribution is -0.120. The Morgan fingerprint density at radius 3 is 2.26 bits per heavy atom. The van der Waals surface area contributed by atoms with Crippen LogP contribution in [-0.2, 0) is 9.59 Å². The van der Waals surface area contributed by atoms with E-state index in [1.165, 1.54) is 31.4 Å². The molecule has 31 heavy (non-hydrogen) atoms. The first-order chi connectivity index (χ1) is 14.9. The highest BCUT2D eigenvalue weighted by Crippen LogP contribution is 2.35. The van der Waals surface area contributed by atoms with Gasteiger partial charge >= 0.3 is 0 Å². The van der Waals surface area contributed by atoms with Gasteiger partial charge in [0.1, 0.15) is 17.3 Å². The molecule has 0 aromatic heterocycles. The molecule has 3 aromatic rings. The van der Waals surface area contributed by atoms with Gasteiger partial charge in [0.05, 0.1) is 18.4 Å². The molecule has 0 bridgehead atoms. The minimum Gasteiger partial charge on any atom is -0.497 e. The van der Waals surface area contributed by atoms with Crippen molar-refractivity contribution in [1.82, 2.24) is 0 Å². The number of carbonyl (C=O) groups excluding carboxylic acids is 2. The highest BCUT2D eigenvalue weighted by Gasteiger charge is 2.40.